The van der Waals surface area contributed by atoms with Crippen LogP contribution in [0.1, 0.15) is 17.9 Å². The monoisotopic (exact) mass is 268 g/mol. The molecule has 17 heavy (non-hydrogen) atoms. The molecule has 88 valence electrons. The fourth-order valence-corrected chi connectivity index (χ4v) is 1.64. The highest BCUT2D eigenvalue weighted by Crippen LogP contribution is 2.27. The molecular formula is C13H10Cl2O2. The summed E-state index contributed by atoms with van der Waals surface area (Å²) in [5, 5.41) is 9.37. The summed E-state index contributed by atoms with van der Waals surface area (Å²) in [6.07, 6.45) is 8.44. The van der Waals surface area contributed by atoms with E-state index in [9.17, 15) is 4.79 Å². The van der Waals surface area contributed by atoms with Crippen LogP contribution in [0.4, 0.5) is 0 Å². The molecule has 0 aliphatic carbocycles. The number of allylic oxidation sites excluding steroid dienone is 1. The van der Waals surface area contributed by atoms with E-state index < -0.39 is 5.97 Å². The van der Waals surface area contributed by atoms with Gasteiger partial charge < -0.3 is 5.11 Å². The van der Waals surface area contributed by atoms with Gasteiger partial charge in [0, 0.05) is 12.0 Å². The maximum absolute atomic E-state index is 10.3. The lowest BCUT2D eigenvalue weighted by Gasteiger charge is -2.09. The van der Waals surface area contributed by atoms with E-state index >= 15 is 0 Å². The fraction of sp³-hybridized carbons (Fsp3) is 0.154. The topological polar surface area (TPSA) is 37.3 Å². The van der Waals surface area contributed by atoms with Gasteiger partial charge in [0.1, 0.15) is 0 Å². The molecule has 0 bridgehead atoms. The van der Waals surface area contributed by atoms with E-state index in [0.717, 1.165) is 11.6 Å². The molecule has 1 N–H and O–H groups in total. The molecule has 0 saturated heterocycles. The normalized spacial score (nSPS) is 12.3. The van der Waals surface area contributed by atoms with Gasteiger partial charge in [-0.3, -0.25) is 0 Å². The molecule has 0 heterocycles. The Bertz CT molecular complexity index is 487. The van der Waals surface area contributed by atoms with Gasteiger partial charge in [-0.15, -0.1) is 6.42 Å². The van der Waals surface area contributed by atoms with Crippen LogP contribution in [0.15, 0.2) is 30.4 Å². The van der Waals surface area contributed by atoms with Gasteiger partial charge >= 0.3 is 5.97 Å². The van der Waals surface area contributed by atoms with Crippen molar-refractivity contribution >= 4 is 29.2 Å². The van der Waals surface area contributed by atoms with Gasteiger partial charge in [0.05, 0.1) is 10.0 Å². The molecule has 4 heteroatoms. The predicted octanol–water partition coefficient (Wildman–Crippen LogP) is 3.74. The molecule has 1 rings (SSSR count). The lowest BCUT2D eigenvalue weighted by atomic mass is 9.96. The van der Waals surface area contributed by atoms with Gasteiger partial charge in [-0.25, -0.2) is 4.79 Å². The highest BCUT2D eigenvalue weighted by molar-refractivity contribution is 6.42. The van der Waals surface area contributed by atoms with Crippen molar-refractivity contribution in [3.8, 4) is 12.3 Å². The largest absolute Gasteiger partial charge is 0.478 e. The van der Waals surface area contributed by atoms with Crippen molar-refractivity contribution < 1.29 is 9.90 Å². The van der Waals surface area contributed by atoms with Crippen LogP contribution in [0.5, 0.6) is 0 Å². The van der Waals surface area contributed by atoms with Crippen LogP contribution in [-0.2, 0) is 4.79 Å². The van der Waals surface area contributed by atoms with Crippen LogP contribution in [0.2, 0.25) is 10.0 Å². The third-order valence-corrected chi connectivity index (χ3v) is 2.92. The van der Waals surface area contributed by atoms with Crippen LogP contribution in [0.25, 0.3) is 0 Å². The Kier molecular flexibility index (Phi) is 5.09. The number of terminal acetylenes is 1. The number of carbonyl (C=O) groups is 1. The van der Waals surface area contributed by atoms with Gasteiger partial charge in [0.25, 0.3) is 0 Å². The van der Waals surface area contributed by atoms with Gasteiger partial charge in [-0.05, 0) is 24.1 Å². The van der Waals surface area contributed by atoms with Gasteiger partial charge in [-0.1, -0.05) is 41.3 Å². The minimum atomic E-state index is -0.991. The predicted molar refractivity (Wildman–Crippen MR) is 69.4 cm³/mol. The first kappa shape index (κ1) is 13.6. The van der Waals surface area contributed by atoms with Crippen molar-refractivity contribution in [2.24, 2.45) is 0 Å². The van der Waals surface area contributed by atoms with Crippen LogP contribution in [0, 0.1) is 12.3 Å². The minimum absolute atomic E-state index is 0.208. The Morgan fingerprint density at radius 3 is 2.71 bits per heavy atom. The van der Waals surface area contributed by atoms with Crippen LogP contribution in [-0.4, -0.2) is 11.1 Å². The van der Waals surface area contributed by atoms with Crippen molar-refractivity contribution in [1.82, 2.24) is 0 Å². The standard InChI is InChI=1S/C13H10Cl2O2/c1-2-9(4-3-5-13(16)17)10-6-7-11(14)12(15)8-10/h1,3,5-9H,4H2,(H,16,17)/b5-3+. The number of carboxylic acid groups (broad SMARTS) is 1. The van der Waals surface area contributed by atoms with E-state index in [0.29, 0.717) is 16.5 Å². The molecule has 2 nitrogen and oxygen atoms in total. The maximum Gasteiger partial charge on any atom is 0.327 e. The second kappa shape index (κ2) is 6.34. The van der Waals surface area contributed by atoms with Crippen molar-refractivity contribution in [2.75, 3.05) is 0 Å². The number of hydrogen-bond acceptors (Lipinski definition) is 1. The van der Waals surface area contributed by atoms with Gasteiger partial charge in [0.2, 0.25) is 0 Å². The molecule has 0 amide bonds. The average Bonchev–Trinajstić information content (AvgIpc) is 2.28. The van der Waals surface area contributed by atoms with Crippen molar-refractivity contribution in [3.63, 3.8) is 0 Å². The fourth-order valence-electron chi connectivity index (χ4n) is 1.33. The van der Waals surface area contributed by atoms with Gasteiger partial charge in [-0.2, -0.15) is 0 Å². The first-order valence-corrected chi connectivity index (χ1v) is 5.60. The second-order valence-electron chi connectivity index (χ2n) is 3.37. The molecule has 0 aliphatic heterocycles. The van der Waals surface area contributed by atoms with E-state index in [4.69, 9.17) is 34.7 Å². The van der Waals surface area contributed by atoms with E-state index in [1.807, 2.05) is 0 Å². The molecule has 1 unspecified atom stereocenters. The summed E-state index contributed by atoms with van der Waals surface area (Å²) in [5.74, 6) is 1.39. The number of benzene rings is 1. The molecule has 1 aromatic carbocycles. The van der Waals surface area contributed by atoms with Gasteiger partial charge in [0.15, 0.2) is 0 Å². The Morgan fingerprint density at radius 2 is 2.18 bits per heavy atom. The molecule has 1 aromatic rings. The average molecular weight is 269 g/mol. The summed E-state index contributed by atoms with van der Waals surface area (Å²) in [6, 6.07) is 5.15. The van der Waals surface area contributed by atoms with Crippen molar-refractivity contribution in [1.29, 1.82) is 0 Å². The zero-order valence-electron chi connectivity index (χ0n) is 8.86. The van der Waals surface area contributed by atoms with E-state index in [2.05, 4.69) is 5.92 Å². The van der Waals surface area contributed by atoms with Crippen LogP contribution < -0.4 is 0 Å². The number of halogens is 2. The summed E-state index contributed by atoms with van der Waals surface area (Å²) in [6.45, 7) is 0. The minimum Gasteiger partial charge on any atom is -0.478 e. The summed E-state index contributed by atoms with van der Waals surface area (Å²) in [5.41, 5.74) is 0.844. The number of carboxylic acids is 1. The van der Waals surface area contributed by atoms with Crippen molar-refractivity contribution in [3.05, 3.63) is 46.0 Å². The summed E-state index contributed by atoms with van der Waals surface area (Å²) < 4.78 is 0. The van der Waals surface area contributed by atoms with Crippen molar-refractivity contribution in [2.45, 2.75) is 12.3 Å². The molecule has 0 aromatic heterocycles. The molecule has 0 fully saturated rings. The Hall–Kier alpha value is -1.43. The lowest BCUT2D eigenvalue weighted by Crippen LogP contribution is -1.95. The first-order valence-electron chi connectivity index (χ1n) is 4.85. The highest BCUT2D eigenvalue weighted by Gasteiger charge is 2.08. The molecule has 0 spiro atoms. The zero-order chi connectivity index (χ0) is 12.8. The summed E-state index contributed by atoms with van der Waals surface area (Å²) in [4.78, 5) is 10.3. The third-order valence-electron chi connectivity index (χ3n) is 2.18. The summed E-state index contributed by atoms with van der Waals surface area (Å²) >= 11 is 11.7. The molecule has 0 saturated carbocycles. The maximum atomic E-state index is 10.3. The molecule has 0 radical (unpaired) electrons. The van der Waals surface area contributed by atoms with Crippen LogP contribution in [0.3, 0.4) is 0 Å². The van der Waals surface area contributed by atoms with E-state index in [1.165, 1.54) is 6.08 Å². The number of hydrogen-bond donors (Lipinski definition) is 1. The molecule has 1 atom stereocenters. The Balaban J connectivity index is 2.84. The van der Waals surface area contributed by atoms with E-state index in [-0.39, 0.29) is 5.92 Å². The second-order valence-corrected chi connectivity index (χ2v) is 4.18. The Morgan fingerprint density at radius 1 is 1.47 bits per heavy atom. The number of rotatable bonds is 4. The smallest absolute Gasteiger partial charge is 0.327 e. The van der Waals surface area contributed by atoms with Crippen LogP contribution >= 0.6 is 23.2 Å². The quantitative estimate of drug-likeness (QED) is 0.667. The Labute approximate surface area is 110 Å². The first-order chi connectivity index (χ1) is 8.04. The number of aliphatic carboxylic acids is 1. The summed E-state index contributed by atoms with van der Waals surface area (Å²) in [7, 11) is 0. The molecular weight excluding hydrogens is 259 g/mol. The molecule has 0 aliphatic rings. The third kappa shape index (κ3) is 4.14. The SMILES string of the molecule is C#CC(C/C=C/C(=O)O)c1ccc(Cl)c(Cl)c1. The lowest BCUT2D eigenvalue weighted by molar-refractivity contribution is -0.131. The highest BCUT2D eigenvalue weighted by atomic mass is 35.5. The van der Waals surface area contributed by atoms with E-state index in [1.54, 1.807) is 18.2 Å². The zero-order valence-corrected chi connectivity index (χ0v) is 10.4.